The van der Waals surface area contributed by atoms with Crippen LogP contribution in [0.2, 0.25) is 0 Å². The molecule has 52 heavy (non-hydrogen) atoms. The van der Waals surface area contributed by atoms with E-state index in [2.05, 4.69) is 19.9 Å². The smallest absolute Gasteiger partial charge is 0.392 e. The van der Waals surface area contributed by atoms with Gasteiger partial charge in [-0.25, -0.2) is 24.3 Å². The van der Waals surface area contributed by atoms with E-state index in [0.29, 0.717) is 22.5 Å². The van der Waals surface area contributed by atoms with Crippen LogP contribution in [-0.4, -0.2) is 108 Å². The third kappa shape index (κ3) is 8.28. The van der Waals surface area contributed by atoms with Gasteiger partial charge in [0.2, 0.25) is 0 Å². The van der Waals surface area contributed by atoms with Crippen molar-refractivity contribution in [3.8, 4) is 0 Å². The molecule has 0 amide bonds. The monoisotopic (exact) mass is 764 g/mol. The van der Waals surface area contributed by atoms with Gasteiger partial charge in [-0.1, -0.05) is 30.3 Å². The number of rotatable bonds is 15. The molecule has 2 aliphatic heterocycles. The summed E-state index contributed by atoms with van der Waals surface area (Å²) in [4.78, 5) is 51.5. The summed E-state index contributed by atoms with van der Waals surface area (Å²) >= 11 is 0.497. The van der Waals surface area contributed by atoms with Crippen molar-refractivity contribution in [3.63, 3.8) is 0 Å². The van der Waals surface area contributed by atoms with Gasteiger partial charge in [-0.2, -0.15) is 0 Å². The quantitative estimate of drug-likeness (QED) is 0.0596. The van der Waals surface area contributed by atoms with Crippen molar-refractivity contribution < 1.29 is 47.6 Å². The molecule has 9 atom stereocenters. The lowest BCUT2D eigenvalue weighted by Gasteiger charge is -2.28. The Bertz CT molecular complexity index is 2020. The maximum absolute atomic E-state index is 14.5. The zero-order valence-corrected chi connectivity index (χ0v) is 29.3. The SMILES string of the molecule is CO[C@H]1C(OP(=O)(OC[C@H]2O[C@@H](n3cnc4c(N)ncnc43)CC2O)SCOC(=O)C(N)Cc2ccccc2)[C@@H](CO)O[C@H]1n1ccc(=O)[nH]c1=O. The number of imidazole rings is 1. The van der Waals surface area contributed by atoms with Gasteiger partial charge in [-0.3, -0.25) is 32.8 Å². The number of aliphatic hydroxyl groups excluding tert-OH is 2. The Morgan fingerprint density at radius 3 is 2.65 bits per heavy atom. The number of ether oxygens (including phenoxy) is 4. The van der Waals surface area contributed by atoms with Crippen molar-refractivity contribution in [2.75, 3.05) is 32.0 Å². The van der Waals surface area contributed by atoms with E-state index < -0.39 is 92.2 Å². The lowest BCUT2D eigenvalue weighted by Crippen LogP contribution is -2.39. The molecule has 0 bridgehead atoms. The number of carbonyl (C=O) groups is 1. The first-order chi connectivity index (χ1) is 25.0. The minimum atomic E-state index is -4.43. The van der Waals surface area contributed by atoms with Crippen LogP contribution >= 0.6 is 18.2 Å². The van der Waals surface area contributed by atoms with E-state index in [4.69, 9.17) is 39.5 Å². The van der Waals surface area contributed by atoms with Crippen molar-refractivity contribution in [1.82, 2.24) is 29.1 Å². The van der Waals surface area contributed by atoms with Crippen LogP contribution in [0.1, 0.15) is 24.4 Å². The third-order valence-electron chi connectivity index (χ3n) is 8.43. The summed E-state index contributed by atoms with van der Waals surface area (Å²) in [5, 5.41) is 21.1. The Labute approximate surface area is 298 Å². The van der Waals surface area contributed by atoms with Gasteiger partial charge in [-0.05, 0) is 12.0 Å². The molecule has 5 heterocycles. The number of nitrogens with zero attached hydrogens (tertiary/aromatic N) is 5. The van der Waals surface area contributed by atoms with Gasteiger partial charge >= 0.3 is 18.5 Å². The number of nitrogens with one attached hydrogen (secondary N) is 1. The Morgan fingerprint density at radius 1 is 1.13 bits per heavy atom. The molecule has 0 spiro atoms. The molecule has 7 N–H and O–H groups in total. The fraction of sp³-hybridized carbons (Fsp3) is 0.467. The van der Waals surface area contributed by atoms with Crippen LogP contribution in [0.4, 0.5) is 5.82 Å². The van der Waals surface area contributed by atoms with E-state index in [1.807, 2.05) is 18.2 Å². The second kappa shape index (κ2) is 16.3. The van der Waals surface area contributed by atoms with Gasteiger partial charge in [0.25, 0.3) is 5.56 Å². The van der Waals surface area contributed by atoms with Crippen molar-refractivity contribution in [3.05, 3.63) is 81.7 Å². The third-order valence-corrected chi connectivity index (χ3v) is 11.8. The van der Waals surface area contributed by atoms with Crippen LogP contribution in [-0.2, 0) is 43.8 Å². The van der Waals surface area contributed by atoms with E-state index in [1.165, 1.54) is 26.0 Å². The van der Waals surface area contributed by atoms with Crippen LogP contribution in [0.25, 0.3) is 11.2 Å². The summed E-state index contributed by atoms with van der Waals surface area (Å²) in [7, 11) is 1.28. The first-order valence-corrected chi connectivity index (χ1v) is 19.0. The summed E-state index contributed by atoms with van der Waals surface area (Å²) in [5.74, 6) is -1.14. The molecule has 280 valence electrons. The first kappa shape index (κ1) is 37.7. The highest BCUT2D eigenvalue weighted by Crippen LogP contribution is 2.63. The number of hydrogen-bond acceptors (Lipinski definition) is 18. The fourth-order valence-electron chi connectivity index (χ4n) is 5.82. The summed E-state index contributed by atoms with van der Waals surface area (Å²) in [6, 6.07) is 9.12. The number of aromatic nitrogens is 6. The lowest BCUT2D eigenvalue weighted by molar-refractivity contribution is -0.142. The molecule has 3 aromatic heterocycles. The number of anilines is 1. The Kier molecular flexibility index (Phi) is 11.9. The molecule has 20 nitrogen and oxygen atoms in total. The number of carbonyl (C=O) groups excluding carboxylic acids is 1. The zero-order valence-electron chi connectivity index (χ0n) is 27.6. The first-order valence-electron chi connectivity index (χ1n) is 15.9. The predicted octanol–water partition coefficient (Wildman–Crippen LogP) is -0.174. The number of nitrogens with two attached hydrogens (primary N) is 2. The number of hydrogen-bond donors (Lipinski definition) is 5. The van der Waals surface area contributed by atoms with Crippen LogP contribution in [0.5, 0.6) is 0 Å². The summed E-state index contributed by atoms with van der Waals surface area (Å²) in [6.07, 6.45) is -3.62. The van der Waals surface area contributed by atoms with Crippen molar-refractivity contribution in [1.29, 1.82) is 0 Å². The average Bonchev–Trinajstić information content (AvgIpc) is 3.82. The number of H-pyrrole nitrogens is 1. The van der Waals surface area contributed by atoms with Gasteiger partial charge in [0.1, 0.15) is 54.5 Å². The number of benzene rings is 1. The minimum Gasteiger partial charge on any atom is -0.453 e. The van der Waals surface area contributed by atoms with Crippen molar-refractivity contribution >= 4 is 41.1 Å². The molecule has 2 aliphatic rings. The fourth-order valence-corrected chi connectivity index (χ4v) is 8.63. The molecule has 0 saturated carbocycles. The minimum absolute atomic E-state index is 0.0863. The van der Waals surface area contributed by atoms with Gasteiger partial charge in [0, 0.05) is 37.2 Å². The van der Waals surface area contributed by atoms with E-state index in [-0.39, 0.29) is 18.7 Å². The van der Waals surface area contributed by atoms with Gasteiger partial charge in [0.15, 0.2) is 17.7 Å². The number of esters is 1. The van der Waals surface area contributed by atoms with Crippen molar-refractivity contribution in [2.45, 2.75) is 61.9 Å². The number of methoxy groups -OCH3 is 1. The van der Waals surface area contributed by atoms with Crippen molar-refractivity contribution in [2.24, 2.45) is 5.73 Å². The maximum atomic E-state index is 14.5. The standard InChI is InChI=1S/C30H37N8O12PS/c1-45-25-24(19(11-39)49-28(25)37-8-7-21(41)36-30(37)43)50-51(44,52-15-46-29(42)17(31)9-16-5-3-2-4-6-16)47-12-20-18(40)10-22(48-20)38-14-35-23-26(32)33-13-34-27(23)38/h2-8,13-14,17-20,22,24-25,28,39-40H,9-12,15,31H2,1H3,(H2,32,33,34)(H,36,41,43)/t17?,18?,19-,20-,22-,24?,25+,28-,51?/m1/s1. The Balaban J connectivity index is 1.19. The van der Waals surface area contributed by atoms with Gasteiger partial charge in [-0.15, -0.1) is 0 Å². The second-order valence-electron chi connectivity index (χ2n) is 11.8. The highest BCUT2D eigenvalue weighted by molar-refractivity contribution is 8.55. The van der Waals surface area contributed by atoms with E-state index in [1.54, 1.807) is 16.7 Å². The molecule has 2 fully saturated rings. The van der Waals surface area contributed by atoms with Crippen LogP contribution in [0.15, 0.2) is 64.8 Å². The van der Waals surface area contributed by atoms with E-state index >= 15 is 0 Å². The number of fused-ring (bicyclic) bond motifs is 1. The molecule has 1 aromatic carbocycles. The molecular formula is C30H37N8O12PS. The summed E-state index contributed by atoms with van der Waals surface area (Å²) in [6.45, 7) is -5.56. The van der Waals surface area contributed by atoms with Gasteiger partial charge < -0.3 is 40.6 Å². The number of aliphatic hydroxyl groups is 2. The van der Waals surface area contributed by atoms with E-state index in [0.717, 1.165) is 16.2 Å². The van der Waals surface area contributed by atoms with Crippen LogP contribution < -0.4 is 22.7 Å². The number of aromatic amines is 1. The molecule has 0 radical (unpaired) electrons. The van der Waals surface area contributed by atoms with E-state index in [9.17, 15) is 29.2 Å². The van der Waals surface area contributed by atoms with Crippen LogP contribution in [0, 0.1) is 0 Å². The van der Waals surface area contributed by atoms with Crippen LogP contribution in [0.3, 0.4) is 0 Å². The zero-order chi connectivity index (χ0) is 37.0. The Hall–Kier alpha value is -4.02. The normalized spacial score (nSPS) is 26.3. The Morgan fingerprint density at radius 2 is 1.92 bits per heavy atom. The molecule has 0 aliphatic carbocycles. The molecule has 2 saturated heterocycles. The number of nitrogen functional groups attached to an aromatic ring is 1. The average molecular weight is 765 g/mol. The van der Waals surface area contributed by atoms with Gasteiger partial charge in [0.05, 0.1) is 25.6 Å². The molecular weight excluding hydrogens is 727 g/mol. The predicted molar refractivity (Wildman–Crippen MR) is 182 cm³/mol. The summed E-state index contributed by atoms with van der Waals surface area (Å²) < 4.78 is 51.8. The summed E-state index contributed by atoms with van der Waals surface area (Å²) in [5.41, 5.74) is 12.0. The largest absolute Gasteiger partial charge is 0.453 e. The highest BCUT2D eigenvalue weighted by atomic mass is 32.7. The molecule has 22 heteroatoms. The molecule has 6 rings (SSSR count). The topological polar surface area (TPSA) is 280 Å². The highest BCUT2D eigenvalue weighted by Gasteiger charge is 2.51. The molecule has 4 aromatic rings. The second-order valence-corrected chi connectivity index (χ2v) is 15.8. The lowest BCUT2D eigenvalue weighted by atomic mass is 10.1. The maximum Gasteiger partial charge on any atom is 0.392 e. The molecule has 4 unspecified atom stereocenters.